The van der Waals surface area contributed by atoms with Gasteiger partial charge in [0.1, 0.15) is 0 Å². The maximum atomic E-state index is 4.44. The second kappa shape index (κ2) is 7.22. The number of rotatable bonds is 7. The predicted octanol–water partition coefficient (Wildman–Crippen LogP) is 4.21. The first kappa shape index (κ1) is 14.8. The molecule has 2 aromatic heterocycles. The molecule has 0 saturated carbocycles. The van der Waals surface area contributed by atoms with E-state index < -0.39 is 0 Å². The SMILES string of the molecule is CCCNC(c1cnn(CCC)c1)c1ccc(Br)s1. The van der Waals surface area contributed by atoms with E-state index in [-0.39, 0.29) is 6.04 Å². The van der Waals surface area contributed by atoms with Gasteiger partial charge in [0.2, 0.25) is 0 Å². The van der Waals surface area contributed by atoms with Crippen LogP contribution in [0, 0.1) is 0 Å². The number of hydrogen-bond acceptors (Lipinski definition) is 3. The minimum atomic E-state index is 0.252. The van der Waals surface area contributed by atoms with Crippen molar-refractivity contribution in [2.24, 2.45) is 0 Å². The lowest BCUT2D eigenvalue weighted by atomic mass is 10.1. The molecule has 0 aliphatic rings. The molecule has 2 aromatic rings. The van der Waals surface area contributed by atoms with Crippen LogP contribution in [-0.2, 0) is 6.54 Å². The molecule has 1 N–H and O–H groups in total. The topological polar surface area (TPSA) is 29.9 Å². The van der Waals surface area contributed by atoms with Crippen molar-refractivity contribution in [3.63, 3.8) is 0 Å². The third-order valence-corrected chi connectivity index (χ3v) is 4.60. The number of hydrogen-bond donors (Lipinski definition) is 1. The van der Waals surface area contributed by atoms with E-state index in [4.69, 9.17) is 0 Å². The average Bonchev–Trinajstić information content (AvgIpc) is 3.01. The maximum Gasteiger partial charge on any atom is 0.0702 e. The van der Waals surface area contributed by atoms with Crippen molar-refractivity contribution in [1.29, 1.82) is 0 Å². The molecular weight excluding hydrogens is 322 g/mol. The molecule has 19 heavy (non-hydrogen) atoms. The van der Waals surface area contributed by atoms with Crippen molar-refractivity contribution in [2.75, 3.05) is 6.54 Å². The average molecular weight is 342 g/mol. The minimum Gasteiger partial charge on any atom is -0.306 e. The van der Waals surface area contributed by atoms with Gasteiger partial charge in [-0.25, -0.2) is 0 Å². The number of aryl methyl sites for hydroxylation is 1. The molecule has 0 amide bonds. The van der Waals surface area contributed by atoms with Gasteiger partial charge in [-0.3, -0.25) is 4.68 Å². The van der Waals surface area contributed by atoms with Gasteiger partial charge < -0.3 is 5.32 Å². The lowest BCUT2D eigenvalue weighted by Crippen LogP contribution is -2.22. The summed E-state index contributed by atoms with van der Waals surface area (Å²) in [6.07, 6.45) is 6.38. The largest absolute Gasteiger partial charge is 0.306 e. The number of aromatic nitrogens is 2. The summed E-state index contributed by atoms with van der Waals surface area (Å²) in [5, 5.41) is 8.04. The molecule has 0 aliphatic carbocycles. The molecule has 2 heterocycles. The first-order valence-corrected chi connectivity index (χ1v) is 8.36. The fourth-order valence-corrected chi connectivity index (χ4v) is 3.56. The van der Waals surface area contributed by atoms with Gasteiger partial charge in [-0.15, -0.1) is 11.3 Å². The second-order valence-electron chi connectivity index (χ2n) is 4.57. The van der Waals surface area contributed by atoms with Crippen molar-refractivity contribution in [3.05, 3.63) is 38.8 Å². The monoisotopic (exact) mass is 341 g/mol. The molecular formula is C14H20BrN3S. The van der Waals surface area contributed by atoms with Gasteiger partial charge in [0.15, 0.2) is 0 Å². The quantitative estimate of drug-likeness (QED) is 0.817. The lowest BCUT2D eigenvalue weighted by molar-refractivity contribution is 0.592. The van der Waals surface area contributed by atoms with Crippen molar-refractivity contribution in [3.8, 4) is 0 Å². The van der Waals surface area contributed by atoms with Crippen molar-refractivity contribution < 1.29 is 0 Å². The summed E-state index contributed by atoms with van der Waals surface area (Å²) >= 11 is 5.32. The van der Waals surface area contributed by atoms with E-state index in [1.165, 1.54) is 14.2 Å². The zero-order chi connectivity index (χ0) is 13.7. The van der Waals surface area contributed by atoms with Gasteiger partial charge in [-0.2, -0.15) is 5.10 Å². The number of thiophene rings is 1. The van der Waals surface area contributed by atoms with Crippen LogP contribution in [0.1, 0.15) is 43.2 Å². The van der Waals surface area contributed by atoms with Crippen LogP contribution in [0.3, 0.4) is 0 Å². The van der Waals surface area contributed by atoms with Crippen LogP contribution in [-0.4, -0.2) is 16.3 Å². The van der Waals surface area contributed by atoms with Gasteiger partial charge in [-0.05, 0) is 47.4 Å². The van der Waals surface area contributed by atoms with E-state index in [0.29, 0.717) is 0 Å². The Hall–Kier alpha value is -0.650. The van der Waals surface area contributed by atoms with Crippen LogP contribution in [0.15, 0.2) is 28.3 Å². The number of nitrogens with one attached hydrogen (secondary N) is 1. The molecule has 0 spiro atoms. The van der Waals surface area contributed by atoms with Crippen LogP contribution in [0.4, 0.5) is 0 Å². The summed E-state index contributed by atoms with van der Waals surface area (Å²) in [5.41, 5.74) is 1.25. The standard InChI is InChI=1S/C14H20BrN3S/c1-3-7-16-14(12-5-6-13(15)19-12)11-9-17-18(10-11)8-4-2/h5-6,9-10,14,16H,3-4,7-8H2,1-2H3. The zero-order valence-corrected chi connectivity index (χ0v) is 13.8. The van der Waals surface area contributed by atoms with Crippen LogP contribution >= 0.6 is 27.3 Å². The molecule has 0 saturated heterocycles. The fourth-order valence-electron chi connectivity index (χ4n) is 2.03. The van der Waals surface area contributed by atoms with Gasteiger partial charge in [0, 0.05) is 23.2 Å². The third kappa shape index (κ3) is 3.91. The molecule has 5 heteroatoms. The maximum absolute atomic E-state index is 4.44. The molecule has 0 aliphatic heterocycles. The molecule has 3 nitrogen and oxygen atoms in total. The fraction of sp³-hybridized carbons (Fsp3) is 0.500. The molecule has 1 atom stereocenters. The Morgan fingerprint density at radius 3 is 2.84 bits per heavy atom. The van der Waals surface area contributed by atoms with E-state index in [2.05, 4.69) is 58.5 Å². The summed E-state index contributed by atoms with van der Waals surface area (Å²) in [4.78, 5) is 1.33. The molecule has 0 aromatic carbocycles. The van der Waals surface area contributed by atoms with Crippen molar-refractivity contribution in [1.82, 2.24) is 15.1 Å². The number of nitrogens with zero attached hydrogens (tertiary/aromatic N) is 2. The first-order valence-electron chi connectivity index (χ1n) is 6.75. The molecule has 1 unspecified atom stereocenters. The Labute approximate surface area is 127 Å². The molecule has 0 radical (unpaired) electrons. The Bertz CT molecular complexity index is 506. The Morgan fingerprint density at radius 1 is 1.37 bits per heavy atom. The summed E-state index contributed by atoms with van der Waals surface area (Å²) in [7, 11) is 0. The second-order valence-corrected chi connectivity index (χ2v) is 7.06. The highest BCUT2D eigenvalue weighted by Crippen LogP contribution is 2.31. The molecule has 0 bridgehead atoms. The van der Waals surface area contributed by atoms with Gasteiger partial charge in [0.05, 0.1) is 16.0 Å². The summed E-state index contributed by atoms with van der Waals surface area (Å²) in [5.74, 6) is 0. The smallest absolute Gasteiger partial charge is 0.0702 e. The van der Waals surface area contributed by atoms with E-state index >= 15 is 0 Å². The van der Waals surface area contributed by atoms with Crippen molar-refractivity contribution >= 4 is 27.3 Å². The van der Waals surface area contributed by atoms with Crippen LogP contribution in [0.25, 0.3) is 0 Å². The highest BCUT2D eigenvalue weighted by atomic mass is 79.9. The van der Waals surface area contributed by atoms with Gasteiger partial charge >= 0.3 is 0 Å². The van der Waals surface area contributed by atoms with E-state index in [1.807, 2.05) is 10.9 Å². The highest BCUT2D eigenvalue weighted by Gasteiger charge is 2.17. The van der Waals surface area contributed by atoms with Gasteiger partial charge in [-0.1, -0.05) is 13.8 Å². The van der Waals surface area contributed by atoms with E-state index in [9.17, 15) is 0 Å². The first-order chi connectivity index (χ1) is 9.24. The highest BCUT2D eigenvalue weighted by molar-refractivity contribution is 9.11. The Kier molecular flexibility index (Phi) is 5.60. The summed E-state index contributed by atoms with van der Waals surface area (Å²) in [6.45, 7) is 6.35. The van der Waals surface area contributed by atoms with Gasteiger partial charge in [0.25, 0.3) is 0 Å². The van der Waals surface area contributed by atoms with Crippen molar-refractivity contribution in [2.45, 2.75) is 39.3 Å². The Balaban J connectivity index is 2.20. The van der Waals surface area contributed by atoms with Crippen LogP contribution < -0.4 is 5.32 Å². The van der Waals surface area contributed by atoms with E-state index in [0.717, 1.165) is 25.9 Å². The summed E-state index contributed by atoms with van der Waals surface area (Å²) in [6, 6.07) is 4.54. The minimum absolute atomic E-state index is 0.252. The van der Waals surface area contributed by atoms with Crippen LogP contribution in [0.5, 0.6) is 0 Å². The number of halogens is 1. The normalized spacial score (nSPS) is 12.8. The molecule has 104 valence electrons. The third-order valence-electron chi connectivity index (χ3n) is 2.92. The summed E-state index contributed by atoms with van der Waals surface area (Å²) < 4.78 is 3.20. The van der Waals surface area contributed by atoms with Crippen LogP contribution in [0.2, 0.25) is 0 Å². The predicted molar refractivity (Wildman–Crippen MR) is 84.7 cm³/mol. The Morgan fingerprint density at radius 2 is 2.21 bits per heavy atom. The molecule has 0 fully saturated rings. The molecule has 2 rings (SSSR count). The lowest BCUT2D eigenvalue weighted by Gasteiger charge is -2.15. The van der Waals surface area contributed by atoms with E-state index in [1.54, 1.807) is 11.3 Å². The zero-order valence-electron chi connectivity index (χ0n) is 11.4.